The van der Waals surface area contributed by atoms with Gasteiger partial charge in [0.05, 0.1) is 5.37 Å². The number of thiocarbonyl (C=S) groups is 1. The van der Waals surface area contributed by atoms with Crippen LogP contribution in [0.15, 0.2) is 0 Å². The zero-order chi connectivity index (χ0) is 8.69. The third kappa shape index (κ3) is 6.31. The van der Waals surface area contributed by atoms with Crippen LogP contribution >= 0.6 is 24.0 Å². The van der Waals surface area contributed by atoms with E-state index < -0.39 is 0 Å². The predicted molar refractivity (Wildman–Crippen MR) is 51.2 cm³/mol. The van der Waals surface area contributed by atoms with Crippen molar-refractivity contribution in [3.63, 3.8) is 0 Å². The summed E-state index contributed by atoms with van der Waals surface area (Å²) in [5.41, 5.74) is 0. The normalized spacial score (nSPS) is 12.2. The van der Waals surface area contributed by atoms with Crippen molar-refractivity contribution in [3.05, 3.63) is 0 Å². The average Bonchev–Trinajstić information content (AvgIpc) is 1.97. The Morgan fingerprint density at radius 1 is 1.82 bits per heavy atom. The van der Waals surface area contributed by atoms with E-state index >= 15 is 0 Å². The van der Waals surface area contributed by atoms with Gasteiger partial charge in [0, 0.05) is 12.7 Å². The highest BCUT2D eigenvalue weighted by molar-refractivity contribution is 7.99. The van der Waals surface area contributed by atoms with E-state index in [2.05, 4.69) is 17.6 Å². The number of hydrogen-bond donors (Lipinski definition) is 0. The molecule has 4 heteroatoms. The van der Waals surface area contributed by atoms with Crippen LogP contribution in [0.1, 0.15) is 13.8 Å². The van der Waals surface area contributed by atoms with Gasteiger partial charge in [0.15, 0.2) is 0 Å². The predicted octanol–water partition coefficient (Wildman–Crippen LogP) is 1.55. The lowest BCUT2D eigenvalue weighted by Crippen LogP contribution is -2.19. The van der Waals surface area contributed by atoms with Crippen molar-refractivity contribution < 1.29 is 9.53 Å². The second-order valence-electron chi connectivity index (χ2n) is 1.88. The molecule has 0 heterocycles. The average molecular weight is 191 g/mol. The van der Waals surface area contributed by atoms with Gasteiger partial charge in [-0.1, -0.05) is 19.1 Å². The largest absolute Gasteiger partial charge is 0.456 e. The lowest BCUT2D eigenvalue weighted by atomic mass is 10.5. The van der Waals surface area contributed by atoms with Gasteiger partial charge in [-0.25, -0.2) is 0 Å². The number of ether oxygens (including phenoxy) is 1. The Labute approximate surface area is 76.7 Å². The molecule has 0 aromatic rings. The van der Waals surface area contributed by atoms with E-state index in [0.717, 1.165) is 5.75 Å². The molecule has 0 aliphatic heterocycles. The summed E-state index contributed by atoms with van der Waals surface area (Å²) in [7, 11) is 0. The fourth-order valence-electron chi connectivity index (χ4n) is 0.517. The molecule has 1 radical (unpaired) electrons. The quantitative estimate of drug-likeness (QED) is 0.486. The van der Waals surface area contributed by atoms with Crippen LogP contribution in [0.25, 0.3) is 0 Å². The molecular formula is C7H11O2S2. The van der Waals surface area contributed by atoms with Gasteiger partial charge < -0.3 is 4.74 Å². The van der Waals surface area contributed by atoms with Crippen LogP contribution in [0.5, 0.6) is 0 Å². The highest BCUT2D eigenvalue weighted by atomic mass is 32.2. The van der Waals surface area contributed by atoms with Gasteiger partial charge in [-0.3, -0.25) is 4.79 Å². The number of carbonyl (C=O) groups is 1. The maximum atomic E-state index is 10.5. The van der Waals surface area contributed by atoms with Crippen molar-refractivity contribution in [2.24, 2.45) is 0 Å². The maximum absolute atomic E-state index is 10.5. The van der Waals surface area contributed by atoms with Crippen molar-refractivity contribution in [2.75, 3.05) is 11.5 Å². The van der Waals surface area contributed by atoms with E-state index in [9.17, 15) is 4.79 Å². The van der Waals surface area contributed by atoms with E-state index in [1.165, 1.54) is 6.92 Å². The van der Waals surface area contributed by atoms with Crippen molar-refractivity contribution in [1.29, 1.82) is 0 Å². The molecule has 0 fully saturated rings. The van der Waals surface area contributed by atoms with Crippen LogP contribution < -0.4 is 0 Å². The Bertz CT molecular complexity index is 136. The number of esters is 1. The molecule has 2 nitrogen and oxygen atoms in total. The van der Waals surface area contributed by atoms with Crippen molar-refractivity contribution in [3.8, 4) is 0 Å². The van der Waals surface area contributed by atoms with Crippen LogP contribution in [0.2, 0.25) is 0 Å². The zero-order valence-electron chi connectivity index (χ0n) is 6.62. The number of thioether (sulfide) groups is 1. The molecule has 0 aliphatic carbocycles. The standard InChI is InChI=1S/C7H11O2S2/c1-3-11-5-7(4-10)9-6(2)8/h7H,3,5H2,1-2H3. The van der Waals surface area contributed by atoms with E-state index in [0.29, 0.717) is 5.75 Å². The minimum atomic E-state index is -0.326. The van der Waals surface area contributed by atoms with Gasteiger partial charge >= 0.3 is 5.97 Å². The molecule has 1 atom stereocenters. The molecule has 0 aromatic heterocycles. The first kappa shape index (κ1) is 10.9. The molecule has 0 N–H and O–H groups in total. The van der Waals surface area contributed by atoms with Crippen LogP contribution in [-0.2, 0) is 9.53 Å². The van der Waals surface area contributed by atoms with Crippen LogP contribution in [0, 0.1) is 0 Å². The van der Waals surface area contributed by atoms with E-state index in [1.54, 1.807) is 11.8 Å². The highest BCUT2D eigenvalue weighted by Gasteiger charge is 2.07. The Kier molecular flexibility index (Phi) is 6.56. The summed E-state index contributed by atoms with van der Waals surface area (Å²) in [6.45, 7) is 3.41. The first-order valence-electron chi connectivity index (χ1n) is 3.33. The van der Waals surface area contributed by atoms with Gasteiger partial charge in [0.25, 0.3) is 0 Å². The third-order valence-corrected chi connectivity index (χ3v) is 2.12. The molecule has 11 heavy (non-hydrogen) atoms. The zero-order valence-corrected chi connectivity index (χ0v) is 8.26. The smallest absolute Gasteiger partial charge is 0.303 e. The van der Waals surface area contributed by atoms with Gasteiger partial charge in [-0.15, -0.1) is 0 Å². The Morgan fingerprint density at radius 3 is 2.82 bits per heavy atom. The summed E-state index contributed by atoms with van der Waals surface area (Å²) >= 11 is 6.24. The lowest BCUT2D eigenvalue weighted by Gasteiger charge is -2.09. The Balaban J connectivity index is 3.57. The van der Waals surface area contributed by atoms with E-state index in [4.69, 9.17) is 4.74 Å². The second kappa shape index (κ2) is 6.61. The Morgan fingerprint density at radius 2 is 2.45 bits per heavy atom. The number of rotatable bonds is 5. The summed E-state index contributed by atoms with van der Waals surface area (Å²) in [6, 6.07) is 0. The fraction of sp³-hybridized carbons (Fsp3) is 0.714. The monoisotopic (exact) mass is 191 g/mol. The van der Waals surface area contributed by atoms with E-state index in [1.807, 2.05) is 6.92 Å². The summed E-state index contributed by atoms with van der Waals surface area (Å²) in [4.78, 5) is 10.5. The minimum Gasteiger partial charge on any atom is -0.456 e. The van der Waals surface area contributed by atoms with E-state index in [-0.39, 0.29) is 12.1 Å². The molecule has 63 valence electrons. The van der Waals surface area contributed by atoms with Crippen molar-refractivity contribution in [2.45, 2.75) is 20.0 Å². The first-order chi connectivity index (χ1) is 5.20. The molecule has 0 saturated carbocycles. The molecule has 0 spiro atoms. The summed E-state index contributed by atoms with van der Waals surface area (Å²) in [6.07, 6.45) is -0.326. The molecule has 0 aliphatic rings. The molecule has 0 rings (SSSR count). The number of carbonyl (C=O) groups excluding carboxylic acids is 1. The van der Waals surface area contributed by atoms with Gasteiger partial charge in [0.2, 0.25) is 0 Å². The first-order valence-corrected chi connectivity index (χ1v) is 4.89. The lowest BCUT2D eigenvalue weighted by molar-refractivity contribution is -0.142. The SMILES string of the molecule is CCSCC([C]=S)OC(C)=O. The van der Waals surface area contributed by atoms with Crippen LogP contribution in [-0.4, -0.2) is 28.9 Å². The molecule has 1 unspecified atom stereocenters. The maximum Gasteiger partial charge on any atom is 0.303 e. The molecule has 0 aromatic carbocycles. The second-order valence-corrected chi connectivity index (χ2v) is 3.43. The molecule has 0 bridgehead atoms. The minimum absolute atomic E-state index is 0.302. The topological polar surface area (TPSA) is 26.3 Å². The van der Waals surface area contributed by atoms with Crippen LogP contribution in [0.3, 0.4) is 0 Å². The van der Waals surface area contributed by atoms with Crippen molar-refractivity contribution >= 4 is 35.3 Å². The third-order valence-electron chi connectivity index (χ3n) is 0.913. The van der Waals surface area contributed by atoms with Crippen molar-refractivity contribution in [1.82, 2.24) is 0 Å². The molecular weight excluding hydrogens is 180 g/mol. The number of hydrogen-bond acceptors (Lipinski definition) is 4. The highest BCUT2D eigenvalue weighted by Crippen LogP contribution is 2.03. The Hall–Kier alpha value is -0.0900. The molecule has 0 saturated heterocycles. The van der Waals surface area contributed by atoms with Gasteiger partial charge in [-0.2, -0.15) is 11.8 Å². The summed E-state index contributed by atoms with van der Waals surface area (Å²) in [5.74, 6) is 1.40. The fourth-order valence-corrected chi connectivity index (χ4v) is 1.36. The van der Waals surface area contributed by atoms with Crippen LogP contribution in [0.4, 0.5) is 0 Å². The summed E-state index contributed by atoms with van der Waals surface area (Å²) in [5, 5.41) is 2.49. The van der Waals surface area contributed by atoms with Gasteiger partial charge in [0.1, 0.15) is 6.10 Å². The van der Waals surface area contributed by atoms with Gasteiger partial charge in [-0.05, 0) is 5.75 Å². The summed E-state index contributed by atoms with van der Waals surface area (Å²) < 4.78 is 4.83. The molecule has 0 amide bonds.